The van der Waals surface area contributed by atoms with Gasteiger partial charge in [0, 0.05) is 5.69 Å². The van der Waals surface area contributed by atoms with E-state index in [1.54, 1.807) is 4.90 Å². The highest BCUT2D eigenvalue weighted by Gasteiger charge is 2.25. The van der Waals surface area contributed by atoms with Crippen LogP contribution in [-0.2, 0) is 4.79 Å². The lowest BCUT2D eigenvalue weighted by Crippen LogP contribution is -2.33. The van der Waals surface area contributed by atoms with Gasteiger partial charge in [0.2, 0.25) is 5.91 Å². The molecule has 16 heavy (non-hydrogen) atoms. The zero-order valence-corrected chi connectivity index (χ0v) is 10.5. The van der Waals surface area contributed by atoms with Gasteiger partial charge in [0.25, 0.3) is 0 Å². The summed E-state index contributed by atoms with van der Waals surface area (Å²) in [6, 6.07) is 7.98. The van der Waals surface area contributed by atoms with Gasteiger partial charge in [-0.2, -0.15) is 0 Å². The van der Waals surface area contributed by atoms with E-state index in [0.717, 1.165) is 11.3 Å². The summed E-state index contributed by atoms with van der Waals surface area (Å²) in [6.45, 7) is 2.48. The fraction of sp³-hybridized carbons (Fsp3) is 0.273. The van der Waals surface area contributed by atoms with Crippen LogP contribution >= 0.6 is 24.0 Å². The first kappa shape index (κ1) is 11.4. The van der Waals surface area contributed by atoms with Crippen LogP contribution in [0.2, 0.25) is 0 Å². The van der Waals surface area contributed by atoms with Crippen molar-refractivity contribution in [1.29, 1.82) is 0 Å². The monoisotopic (exact) mass is 252 g/mol. The van der Waals surface area contributed by atoms with Crippen LogP contribution < -0.4 is 5.32 Å². The summed E-state index contributed by atoms with van der Waals surface area (Å²) in [4.78, 5) is 13.1. The van der Waals surface area contributed by atoms with E-state index in [2.05, 4.69) is 5.32 Å². The normalized spacial score (nSPS) is 15.7. The van der Waals surface area contributed by atoms with Gasteiger partial charge in [0.05, 0.1) is 12.4 Å². The number of para-hydroxylation sites is 1. The summed E-state index contributed by atoms with van der Waals surface area (Å²) in [5, 5.41) is 3.22. The third-order valence-corrected chi connectivity index (χ3v) is 3.85. The van der Waals surface area contributed by atoms with E-state index in [4.69, 9.17) is 12.2 Å². The Bertz CT molecular complexity index is 418. The molecule has 5 heteroatoms. The van der Waals surface area contributed by atoms with Crippen molar-refractivity contribution in [2.75, 3.05) is 17.7 Å². The zero-order valence-electron chi connectivity index (χ0n) is 8.90. The van der Waals surface area contributed by atoms with E-state index in [-0.39, 0.29) is 5.91 Å². The Morgan fingerprint density at radius 3 is 2.88 bits per heavy atom. The van der Waals surface area contributed by atoms with Crippen LogP contribution in [0.5, 0.6) is 0 Å². The van der Waals surface area contributed by atoms with E-state index in [9.17, 15) is 4.79 Å². The Hall–Kier alpha value is -1.07. The van der Waals surface area contributed by atoms with E-state index in [1.165, 1.54) is 11.8 Å². The highest BCUT2D eigenvalue weighted by Crippen LogP contribution is 2.20. The molecule has 0 aliphatic carbocycles. The smallest absolute Gasteiger partial charge is 0.239 e. The molecule has 1 amide bonds. The molecule has 0 spiro atoms. The first-order valence-electron chi connectivity index (χ1n) is 4.95. The Balaban J connectivity index is 2.00. The van der Waals surface area contributed by atoms with Crippen molar-refractivity contribution in [3.63, 3.8) is 0 Å². The third kappa shape index (κ3) is 2.36. The van der Waals surface area contributed by atoms with Crippen molar-refractivity contribution in [2.45, 2.75) is 6.92 Å². The molecule has 0 atom stereocenters. The average Bonchev–Trinajstić information content (AvgIpc) is 2.58. The minimum absolute atomic E-state index is 0.0797. The number of aryl methyl sites for hydroxylation is 1. The molecule has 1 N–H and O–H groups in total. The first-order chi connectivity index (χ1) is 7.68. The largest absolute Gasteiger partial charge is 0.367 e. The summed E-state index contributed by atoms with van der Waals surface area (Å²) in [6.07, 6.45) is 0. The predicted octanol–water partition coefficient (Wildman–Crippen LogP) is 2.22. The molecule has 1 aliphatic heterocycles. The Morgan fingerprint density at radius 2 is 2.25 bits per heavy atom. The minimum Gasteiger partial charge on any atom is -0.367 e. The number of nitrogens with one attached hydrogen (secondary N) is 1. The van der Waals surface area contributed by atoms with Crippen LogP contribution in [0.15, 0.2) is 24.3 Å². The molecular formula is C11H12N2OS2. The van der Waals surface area contributed by atoms with Crippen molar-refractivity contribution < 1.29 is 4.79 Å². The minimum atomic E-state index is 0.0797. The highest BCUT2D eigenvalue weighted by atomic mass is 32.2. The Labute approximate surface area is 104 Å². The molecule has 1 aromatic rings. The topological polar surface area (TPSA) is 32.3 Å². The second-order valence-electron chi connectivity index (χ2n) is 3.53. The van der Waals surface area contributed by atoms with Gasteiger partial charge in [-0.25, -0.2) is 0 Å². The van der Waals surface area contributed by atoms with Gasteiger partial charge in [-0.05, 0) is 18.6 Å². The number of nitrogens with zero attached hydrogens (tertiary/aromatic N) is 1. The van der Waals surface area contributed by atoms with Crippen LogP contribution in [0.3, 0.4) is 0 Å². The molecule has 0 unspecified atom stereocenters. The van der Waals surface area contributed by atoms with Crippen molar-refractivity contribution >= 4 is 39.9 Å². The number of hydrogen-bond acceptors (Lipinski definition) is 4. The lowest BCUT2D eigenvalue weighted by Gasteiger charge is -2.17. The maximum absolute atomic E-state index is 11.5. The van der Waals surface area contributed by atoms with Crippen LogP contribution in [-0.4, -0.2) is 27.5 Å². The fourth-order valence-electron chi connectivity index (χ4n) is 1.47. The van der Waals surface area contributed by atoms with Crippen LogP contribution in [0.4, 0.5) is 5.69 Å². The molecule has 1 saturated heterocycles. The predicted molar refractivity (Wildman–Crippen MR) is 71.6 cm³/mol. The molecule has 1 aliphatic rings. The molecule has 0 saturated carbocycles. The second-order valence-corrected chi connectivity index (χ2v) is 5.14. The van der Waals surface area contributed by atoms with Crippen LogP contribution in [0.25, 0.3) is 0 Å². The van der Waals surface area contributed by atoms with Crippen molar-refractivity contribution in [1.82, 2.24) is 4.90 Å². The van der Waals surface area contributed by atoms with Crippen molar-refractivity contribution in [2.24, 2.45) is 0 Å². The van der Waals surface area contributed by atoms with Gasteiger partial charge in [-0.3, -0.25) is 9.69 Å². The average molecular weight is 252 g/mol. The number of hydrogen-bond donors (Lipinski definition) is 1. The number of anilines is 1. The van der Waals surface area contributed by atoms with E-state index >= 15 is 0 Å². The molecule has 0 bridgehead atoms. The maximum atomic E-state index is 11.5. The quantitative estimate of drug-likeness (QED) is 0.836. The molecule has 1 heterocycles. The number of carbonyl (C=O) groups is 1. The Morgan fingerprint density at radius 1 is 1.50 bits per heavy atom. The molecule has 0 aromatic heterocycles. The van der Waals surface area contributed by atoms with Gasteiger partial charge in [-0.15, -0.1) is 0 Å². The molecule has 0 radical (unpaired) electrons. The maximum Gasteiger partial charge on any atom is 0.239 e. The number of carbonyl (C=O) groups excluding carboxylic acids is 1. The number of amides is 1. The van der Waals surface area contributed by atoms with Crippen molar-refractivity contribution in [3.8, 4) is 0 Å². The van der Waals surface area contributed by atoms with Gasteiger partial charge in [0.15, 0.2) is 0 Å². The molecular weight excluding hydrogens is 240 g/mol. The molecule has 2 rings (SSSR count). The summed E-state index contributed by atoms with van der Waals surface area (Å²) < 4.78 is 0.658. The van der Waals surface area contributed by atoms with E-state index in [0.29, 0.717) is 16.7 Å². The fourth-order valence-corrected chi connectivity index (χ4v) is 2.54. The summed E-state index contributed by atoms with van der Waals surface area (Å²) in [5.74, 6) is 0.546. The number of rotatable bonds is 3. The summed E-state index contributed by atoms with van der Waals surface area (Å²) in [7, 11) is 0. The number of benzene rings is 1. The van der Waals surface area contributed by atoms with Gasteiger partial charge >= 0.3 is 0 Å². The van der Waals surface area contributed by atoms with E-state index < -0.39 is 0 Å². The molecule has 3 nitrogen and oxygen atoms in total. The second kappa shape index (κ2) is 4.84. The molecule has 84 valence electrons. The standard InChI is InChI=1S/C11H12N2OS2/c1-8-4-2-3-5-9(8)12-7-13-10(14)6-16-11(13)15/h2-5,12H,6-7H2,1H3. The summed E-state index contributed by atoms with van der Waals surface area (Å²) >= 11 is 6.51. The Kier molecular flexibility index (Phi) is 3.46. The van der Waals surface area contributed by atoms with Gasteiger partial charge in [-0.1, -0.05) is 42.2 Å². The number of thiocarbonyl (C=S) groups is 1. The lowest BCUT2D eigenvalue weighted by molar-refractivity contribution is -0.123. The van der Waals surface area contributed by atoms with Crippen LogP contribution in [0.1, 0.15) is 5.56 Å². The lowest BCUT2D eigenvalue weighted by atomic mass is 10.2. The van der Waals surface area contributed by atoms with E-state index in [1.807, 2.05) is 31.2 Å². The third-order valence-electron chi connectivity index (χ3n) is 2.41. The van der Waals surface area contributed by atoms with Crippen molar-refractivity contribution in [3.05, 3.63) is 29.8 Å². The first-order valence-corrected chi connectivity index (χ1v) is 6.34. The number of thioether (sulfide) groups is 1. The van der Waals surface area contributed by atoms with Gasteiger partial charge in [0.1, 0.15) is 4.32 Å². The molecule has 1 fully saturated rings. The summed E-state index contributed by atoms with van der Waals surface area (Å²) in [5.41, 5.74) is 2.20. The zero-order chi connectivity index (χ0) is 11.5. The van der Waals surface area contributed by atoms with Gasteiger partial charge < -0.3 is 5.32 Å². The molecule has 1 aromatic carbocycles. The van der Waals surface area contributed by atoms with Crippen LogP contribution in [0, 0.1) is 6.92 Å². The SMILES string of the molecule is Cc1ccccc1NCN1C(=O)CSC1=S. The highest BCUT2D eigenvalue weighted by molar-refractivity contribution is 8.23.